The number of fused-ring (bicyclic) bond motifs is 2. The van der Waals surface area contributed by atoms with Crippen molar-refractivity contribution in [2.24, 2.45) is 0 Å². The number of ether oxygens (including phenoxy) is 3. The Hall–Kier alpha value is -5.32. The molecule has 0 aliphatic rings. The zero-order valence-electron chi connectivity index (χ0n) is 26.4. The number of nitrogens with zero attached hydrogens (tertiary/aromatic N) is 2. The molecule has 2 heterocycles. The molecule has 2 amide bonds. The lowest BCUT2D eigenvalue weighted by Crippen LogP contribution is -2.22. The van der Waals surface area contributed by atoms with Crippen molar-refractivity contribution in [3.63, 3.8) is 0 Å². The predicted molar refractivity (Wildman–Crippen MR) is 178 cm³/mol. The average molecular weight is 626 g/mol. The molecule has 0 fully saturated rings. The number of hydrogen-bond acceptors (Lipinski definition) is 9. The number of nitrogen functional groups attached to an aromatic ring is 1. The van der Waals surface area contributed by atoms with Crippen LogP contribution in [0.5, 0.6) is 23.1 Å². The summed E-state index contributed by atoms with van der Waals surface area (Å²) in [5.41, 5.74) is 8.80. The number of hydrogen-bond donors (Lipinski definition) is 3. The summed E-state index contributed by atoms with van der Waals surface area (Å²) >= 11 is 0. The highest BCUT2D eigenvalue weighted by molar-refractivity contribution is 6.07. The van der Waals surface area contributed by atoms with Crippen LogP contribution in [0, 0.1) is 6.92 Å². The Labute approximate surface area is 267 Å². The van der Waals surface area contributed by atoms with E-state index >= 15 is 0 Å². The number of furan rings is 1. The maximum Gasteiger partial charge on any atom is 0.255 e. The lowest BCUT2D eigenvalue weighted by atomic mass is 10.1. The lowest BCUT2D eigenvalue weighted by Gasteiger charge is -2.13. The molecular formula is C35H39N5O6. The first-order chi connectivity index (χ1) is 22.4. The Morgan fingerprint density at radius 3 is 2.54 bits per heavy atom. The molecular weight excluding hydrogens is 586 g/mol. The van der Waals surface area contributed by atoms with Gasteiger partial charge in [-0.1, -0.05) is 31.4 Å². The van der Waals surface area contributed by atoms with Gasteiger partial charge in [0.25, 0.3) is 5.91 Å². The molecule has 0 spiro atoms. The molecule has 0 saturated heterocycles. The van der Waals surface area contributed by atoms with Gasteiger partial charge >= 0.3 is 0 Å². The molecule has 0 aliphatic carbocycles. The van der Waals surface area contributed by atoms with Crippen LogP contribution in [-0.4, -0.2) is 42.0 Å². The van der Waals surface area contributed by atoms with Crippen LogP contribution in [0.1, 0.15) is 61.6 Å². The standard InChI is InChI=1S/C35H39N5O6/c1-4-37-34(42)33-22(2)45-29-18-23(15-16-24(29)33)46-35-25-19-31(30(43-3)20-28(25)38-21-39-35)44-17-11-7-5-6-8-14-32(41)40-27-13-10-9-12-26(27)36/h9-10,12-13,15-16,18-21H,4-8,11,14,17,36H2,1-3H3,(H,37,42)(H,40,41). The number of unbranched alkanes of at least 4 members (excludes halogenated alkanes) is 4. The van der Waals surface area contributed by atoms with Crippen LogP contribution in [0.4, 0.5) is 11.4 Å². The molecule has 46 heavy (non-hydrogen) atoms. The molecule has 0 unspecified atom stereocenters. The van der Waals surface area contributed by atoms with E-state index in [0.29, 0.717) is 87.3 Å². The molecule has 5 rings (SSSR count). The van der Waals surface area contributed by atoms with Gasteiger partial charge in [-0.3, -0.25) is 9.59 Å². The number of carbonyl (C=O) groups excluding carboxylic acids is 2. The van der Waals surface area contributed by atoms with Gasteiger partial charge in [0, 0.05) is 30.5 Å². The van der Waals surface area contributed by atoms with Gasteiger partial charge in [-0.2, -0.15) is 0 Å². The molecule has 0 saturated carbocycles. The third-order valence-electron chi connectivity index (χ3n) is 7.54. The van der Waals surface area contributed by atoms with E-state index in [-0.39, 0.29) is 11.8 Å². The van der Waals surface area contributed by atoms with Gasteiger partial charge in [-0.25, -0.2) is 9.97 Å². The van der Waals surface area contributed by atoms with Gasteiger partial charge in [0.1, 0.15) is 23.4 Å². The topological polar surface area (TPSA) is 151 Å². The van der Waals surface area contributed by atoms with Gasteiger partial charge in [-0.15, -0.1) is 0 Å². The fourth-order valence-electron chi connectivity index (χ4n) is 5.22. The lowest BCUT2D eigenvalue weighted by molar-refractivity contribution is -0.116. The molecule has 5 aromatic rings. The Morgan fingerprint density at radius 2 is 1.74 bits per heavy atom. The van der Waals surface area contributed by atoms with E-state index in [1.54, 1.807) is 44.4 Å². The number of anilines is 2. The SMILES string of the molecule is CCNC(=O)c1c(C)oc2cc(Oc3ncnc4cc(OC)c(OCCCCCCCC(=O)Nc5ccccc5N)cc34)ccc12. The maximum absolute atomic E-state index is 12.5. The normalized spacial score (nSPS) is 11.0. The highest BCUT2D eigenvalue weighted by Crippen LogP contribution is 2.37. The zero-order valence-corrected chi connectivity index (χ0v) is 26.4. The highest BCUT2D eigenvalue weighted by atomic mass is 16.5. The summed E-state index contributed by atoms with van der Waals surface area (Å²) in [7, 11) is 1.59. The molecule has 11 nitrogen and oxygen atoms in total. The van der Waals surface area contributed by atoms with E-state index in [1.165, 1.54) is 6.33 Å². The highest BCUT2D eigenvalue weighted by Gasteiger charge is 2.19. The van der Waals surface area contributed by atoms with Crippen LogP contribution < -0.4 is 30.6 Å². The Balaban J connectivity index is 1.16. The van der Waals surface area contributed by atoms with Gasteiger partial charge in [-0.05, 0) is 57.0 Å². The van der Waals surface area contributed by atoms with Crippen molar-refractivity contribution in [1.82, 2.24) is 15.3 Å². The molecule has 2 aromatic heterocycles. The summed E-state index contributed by atoms with van der Waals surface area (Å²) in [6.07, 6.45) is 6.46. The van der Waals surface area contributed by atoms with Crippen molar-refractivity contribution < 1.29 is 28.2 Å². The van der Waals surface area contributed by atoms with E-state index in [9.17, 15) is 9.59 Å². The zero-order chi connectivity index (χ0) is 32.5. The molecule has 0 bridgehead atoms. The van der Waals surface area contributed by atoms with Crippen molar-refractivity contribution in [3.05, 3.63) is 72.2 Å². The fourth-order valence-corrected chi connectivity index (χ4v) is 5.22. The molecule has 4 N–H and O–H groups in total. The van der Waals surface area contributed by atoms with Crippen LogP contribution >= 0.6 is 0 Å². The Kier molecular flexibility index (Phi) is 10.5. The number of amides is 2. The molecule has 0 atom stereocenters. The number of methoxy groups -OCH3 is 1. The monoisotopic (exact) mass is 625 g/mol. The first kappa shape index (κ1) is 32.1. The van der Waals surface area contributed by atoms with Gasteiger partial charge in [0.05, 0.1) is 41.6 Å². The number of benzene rings is 3. The van der Waals surface area contributed by atoms with E-state index in [0.717, 1.165) is 32.1 Å². The minimum Gasteiger partial charge on any atom is -0.493 e. The quantitative estimate of drug-likeness (QED) is 0.0812. The molecule has 0 aliphatic heterocycles. The number of rotatable bonds is 15. The number of para-hydroxylation sites is 2. The van der Waals surface area contributed by atoms with Crippen molar-refractivity contribution in [2.75, 3.05) is 31.3 Å². The predicted octanol–water partition coefficient (Wildman–Crippen LogP) is 7.18. The third kappa shape index (κ3) is 7.66. The summed E-state index contributed by atoms with van der Waals surface area (Å²) in [6.45, 7) is 4.67. The van der Waals surface area contributed by atoms with Crippen molar-refractivity contribution in [1.29, 1.82) is 0 Å². The second kappa shape index (κ2) is 15.1. The van der Waals surface area contributed by atoms with E-state index in [1.807, 2.05) is 31.2 Å². The summed E-state index contributed by atoms with van der Waals surface area (Å²) in [4.78, 5) is 33.5. The summed E-state index contributed by atoms with van der Waals surface area (Å²) in [5.74, 6) is 2.32. The number of nitrogens with two attached hydrogens (primary N) is 1. The first-order valence-corrected chi connectivity index (χ1v) is 15.5. The number of aromatic nitrogens is 2. The third-order valence-corrected chi connectivity index (χ3v) is 7.54. The van der Waals surface area contributed by atoms with Gasteiger partial charge < -0.3 is 35.0 Å². The Morgan fingerprint density at radius 1 is 0.935 bits per heavy atom. The number of aryl methyl sites for hydroxylation is 1. The summed E-state index contributed by atoms with van der Waals surface area (Å²) in [5, 5.41) is 7.06. The molecule has 0 radical (unpaired) electrons. The Bertz CT molecular complexity index is 1840. The van der Waals surface area contributed by atoms with E-state index in [4.69, 9.17) is 24.4 Å². The fraction of sp³-hybridized carbons (Fsp3) is 0.314. The van der Waals surface area contributed by atoms with Crippen LogP contribution in [0.25, 0.3) is 21.9 Å². The molecule has 3 aromatic carbocycles. The van der Waals surface area contributed by atoms with E-state index in [2.05, 4.69) is 20.6 Å². The average Bonchev–Trinajstić information content (AvgIpc) is 3.38. The van der Waals surface area contributed by atoms with Crippen LogP contribution in [0.2, 0.25) is 0 Å². The van der Waals surface area contributed by atoms with Crippen molar-refractivity contribution in [2.45, 2.75) is 52.4 Å². The smallest absolute Gasteiger partial charge is 0.255 e. The van der Waals surface area contributed by atoms with E-state index < -0.39 is 0 Å². The summed E-state index contributed by atoms with van der Waals surface area (Å²) in [6, 6.07) is 16.2. The molecule has 11 heteroatoms. The number of nitrogens with one attached hydrogen (secondary N) is 2. The maximum atomic E-state index is 12.5. The second-order valence-corrected chi connectivity index (χ2v) is 10.9. The minimum atomic E-state index is -0.175. The summed E-state index contributed by atoms with van der Waals surface area (Å²) < 4.78 is 23.7. The van der Waals surface area contributed by atoms with Gasteiger partial charge in [0.15, 0.2) is 11.5 Å². The van der Waals surface area contributed by atoms with Crippen LogP contribution in [0.15, 0.2) is 65.3 Å². The number of carbonyl (C=O) groups is 2. The van der Waals surface area contributed by atoms with Crippen molar-refractivity contribution in [3.8, 4) is 23.1 Å². The largest absolute Gasteiger partial charge is 0.493 e. The van der Waals surface area contributed by atoms with Crippen LogP contribution in [-0.2, 0) is 4.79 Å². The minimum absolute atomic E-state index is 0.0286. The first-order valence-electron chi connectivity index (χ1n) is 15.5. The second-order valence-electron chi connectivity index (χ2n) is 10.9. The van der Waals surface area contributed by atoms with Crippen molar-refractivity contribution >= 4 is 45.1 Å². The van der Waals surface area contributed by atoms with Crippen LogP contribution in [0.3, 0.4) is 0 Å². The molecule has 240 valence electrons. The van der Waals surface area contributed by atoms with Gasteiger partial charge in [0.2, 0.25) is 11.8 Å².